The SMILES string of the molecule is CN1CCN(CCCNC2C(F)CC3C(=O)C(C(=O)O)=CN4C5CC6OC7CC(N)CCC7NC6CC5OC2C34)CC1. The van der Waals surface area contributed by atoms with E-state index >= 15 is 4.39 Å². The zero-order valence-electron chi connectivity index (χ0n) is 24.6. The third kappa shape index (κ3) is 5.31. The molecular formula is C30H47FN6O5. The minimum atomic E-state index is -1.30. The molecule has 0 radical (unpaired) electrons. The van der Waals surface area contributed by atoms with Gasteiger partial charge in [-0.3, -0.25) is 4.79 Å². The van der Waals surface area contributed by atoms with E-state index in [1.807, 2.05) is 0 Å². The second-order valence-electron chi connectivity index (χ2n) is 13.8. The maximum absolute atomic E-state index is 15.9. The molecule has 0 spiro atoms. The Hall–Kier alpha value is -1.67. The van der Waals surface area contributed by atoms with Crippen molar-refractivity contribution >= 4 is 11.8 Å². The number of aliphatic carboxylic acids is 1. The van der Waals surface area contributed by atoms with Crippen LogP contribution in [-0.4, -0.2) is 145 Å². The van der Waals surface area contributed by atoms with E-state index in [1.54, 1.807) is 0 Å². The summed E-state index contributed by atoms with van der Waals surface area (Å²) in [4.78, 5) is 32.3. The number of nitrogens with one attached hydrogen (secondary N) is 2. The van der Waals surface area contributed by atoms with Crippen molar-refractivity contribution < 1.29 is 28.6 Å². The van der Waals surface area contributed by atoms with Crippen molar-refractivity contribution in [1.82, 2.24) is 25.3 Å². The van der Waals surface area contributed by atoms with Crippen LogP contribution in [0.25, 0.3) is 0 Å². The van der Waals surface area contributed by atoms with Gasteiger partial charge in [0.2, 0.25) is 0 Å². The lowest BCUT2D eigenvalue weighted by atomic mass is 9.69. The van der Waals surface area contributed by atoms with Crippen molar-refractivity contribution in [2.24, 2.45) is 11.7 Å². The fraction of sp³-hybridized carbons (Fsp3) is 0.867. The van der Waals surface area contributed by atoms with Gasteiger partial charge in [0.05, 0.1) is 42.5 Å². The first-order valence-electron chi connectivity index (χ1n) is 16.1. The number of hydrogen-bond acceptors (Lipinski definition) is 10. The third-order valence-corrected chi connectivity index (χ3v) is 11.2. The van der Waals surface area contributed by atoms with Gasteiger partial charge in [0.25, 0.3) is 0 Å². The number of piperazine rings is 1. The molecule has 0 bridgehead atoms. The van der Waals surface area contributed by atoms with Gasteiger partial charge in [-0.05, 0) is 65.1 Å². The van der Waals surface area contributed by atoms with Crippen LogP contribution in [0.3, 0.4) is 0 Å². The molecule has 0 amide bonds. The predicted octanol–water partition coefficient (Wildman–Crippen LogP) is -0.303. The predicted molar refractivity (Wildman–Crippen MR) is 153 cm³/mol. The van der Waals surface area contributed by atoms with Gasteiger partial charge < -0.3 is 45.6 Å². The van der Waals surface area contributed by atoms with Crippen LogP contribution in [0.1, 0.15) is 44.9 Å². The maximum atomic E-state index is 15.9. The Morgan fingerprint density at radius 1 is 1.10 bits per heavy atom. The van der Waals surface area contributed by atoms with Gasteiger partial charge >= 0.3 is 5.97 Å². The number of ether oxygens (including phenoxy) is 2. The van der Waals surface area contributed by atoms with Crippen molar-refractivity contribution in [3.8, 4) is 0 Å². The zero-order valence-corrected chi connectivity index (χ0v) is 24.6. The largest absolute Gasteiger partial charge is 0.478 e. The normalized spacial score (nSPS) is 45.7. The van der Waals surface area contributed by atoms with Crippen LogP contribution >= 0.6 is 0 Å². The summed E-state index contributed by atoms with van der Waals surface area (Å²) >= 11 is 0. The Morgan fingerprint density at radius 2 is 1.88 bits per heavy atom. The Balaban J connectivity index is 1.09. The monoisotopic (exact) mass is 590 g/mol. The highest BCUT2D eigenvalue weighted by Gasteiger charge is 2.60. The number of carboxylic acids is 1. The molecule has 4 aliphatic heterocycles. The van der Waals surface area contributed by atoms with Crippen LogP contribution in [0, 0.1) is 5.92 Å². The summed E-state index contributed by atoms with van der Waals surface area (Å²) < 4.78 is 29.4. The highest BCUT2D eigenvalue weighted by Crippen LogP contribution is 2.47. The summed E-state index contributed by atoms with van der Waals surface area (Å²) in [6.45, 7) is 5.86. The molecule has 6 fully saturated rings. The number of likely N-dealkylation sites (N-methyl/N-ethyl adjacent to an activating group) is 1. The van der Waals surface area contributed by atoms with E-state index in [4.69, 9.17) is 15.2 Å². The molecule has 12 heteroatoms. The van der Waals surface area contributed by atoms with Crippen LogP contribution in [0.5, 0.6) is 0 Å². The van der Waals surface area contributed by atoms with Crippen LogP contribution < -0.4 is 16.4 Å². The highest BCUT2D eigenvalue weighted by atomic mass is 19.1. The highest BCUT2D eigenvalue weighted by molar-refractivity contribution is 6.18. The van der Waals surface area contributed by atoms with E-state index in [0.717, 1.165) is 58.4 Å². The molecule has 7 aliphatic rings. The van der Waals surface area contributed by atoms with Crippen LogP contribution in [0.2, 0.25) is 0 Å². The number of rotatable bonds is 6. The minimum absolute atomic E-state index is 0.00371. The summed E-state index contributed by atoms with van der Waals surface area (Å²) in [5.41, 5.74) is 6.01. The summed E-state index contributed by atoms with van der Waals surface area (Å²) in [6.07, 6.45) is 4.59. The average molecular weight is 591 g/mol. The molecule has 5 N–H and O–H groups in total. The molecule has 3 saturated carbocycles. The second kappa shape index (κ2) is 11.7. The number of ketones is 1. The van der Waals surface area contributed by atoms with Gasteiger partial charge in [0.15, 0.2) is 5.78 Å². The van der Waals surface area contributed by atoms with Gasteiger partial charge in [-0.1, -0.05) is 0 Å². The number of nitrogens with zero attached hydrogens (tertiary/aromatic N) is 3. The lowest BCUT2D eigenvalue weighted by Gasteiger charge is -2.61. The van der Waals surface area contributed by atoms with Crippen LogP contribution in [0.4, 0.5) is 4.39 Å². The number of nitrogens with two attached hydrogens (primary N) is 1. The number of carbonyl (C=O) groups excluding carboxylic acids is 1. The first-order valence-corrected chi connectivity index (χ1v) is 16.1. The van der Waals surface area contributed by atoms with E-state index in [1.165, 1.54) is 6.20 Å². The third-order valence-electron chi connectivity index (χ3n) is 11.2. The van der Waals surface area contributed by atoms with Gasteiger partial charge in [0, 0.05) is 56.4 Å². The first-order chi connectivity index (χ1) is 20.3. The quantitative estimate of drug-likeness (QED) is 0.240. The smallest absolute Gasteiger partial charge is 0.340 e. The van der Waals surface area contributed by atoms with Crippen molar-refractivity contribution in [2.45, 2.75) is 112 Å². The Kier molecular flexibility index (Phi) is 8.08. The number of Topliss-reactive ketones (excluding diaryl/α,β-unsaturated/α-hetero) is 1. The summed E-state index contributed by atoms with van der Waals surface area (Å²) in [6, 6.07) is -0.545. The van der Waals surface area contributed by atoms with Crippen LogP contribution in [-0.2, 0) is 19.1 Å². The zero-order chi connectivity index (χ0) is 29.1. The van der Waals surface area contributed by atoms with Gasteiger partial charge in [-0.15, -0.1) is 0 Å². The Bertz CT molecular complexity index is 1070. The molecule has 0 aromatic heterocycles. The number of hydrogen-bond donors (Lipinski definition) is 4. The number of carbonyl (C=O) groups is 2. The van der Waals surface area contributed by atoms with E-state index in [0.29, 0.717) is 19.4 Å². The molecule has 0 aromatic rings. The van der Waals surface area contributed by atoms with E-state index in [-0.39, 0.29) is 54.5 Å². The van der Waals surface area contributed by atoms with Gasteiger partial charge in [0.1, 0.15) is 11.7 Å². The van der Waals surface area contributed by atoms with E-state index in [9.17, 15) is 14.7 Å². The number of alkyl halides is 1. The van der Waals surface area contributed by atoms with Gasteiger partial charge in [-0.25, -0.2) is 9.18 Å². The average Bonchev–Trinajstić information content (AvgIpc) is 2.96. The molecule has 4 heterocycles. The Labute approximate surface area is 247 Å². The molecule has 3 saturated heterocycles. The second-order valence-corrected chi connectivity index (χ2v) is 13.8. The molecule has 7 rings (SSSR count). The van der Waals surface area contributed by atoms with Crippen LogP contribution in [0.15, 0.2) is 11.8 Å². The van der Waals surface area contributed by atoms with E-state index < -0.39 is 42.0 Å². The molecule has 0 aromatic carbocycles. The van der Waals surface area contributed by atoms with Crippen molar-refractivity contribution in [2.75, 3.05) is 46.3 Å². The minimum Gasteiger partial charge on any atom is -0.478 e. The number of carboxylic acid groups (broad SMARTS) is 1. The number of halogens is 1. The van der Waals surface area contributed by atoms with Crippen molar-refractivity contribution in [3.63, 3.8) is 0 Å². The Morgan fingerprint density at radius 3 is 2.67 bits per heavy atom. The lowest BCUT2D eigenvalue weighted by Crippen LogP contribution is -2.75. The molecule has 234 valence electrons. The van der Waals surface area contributed by atoms with Crippen molar-refractivity contribution in [3.05, 3.63) is 11.8 Å². The lowest BCUT2D eigenvalue weighted by molar-refractivity contribution is -0.222. The summed E-state index contributed by atoms with van der Waals surface area (Å²) in [5.74, 6) is -2.47. The fourth-order valence-electron chi connectivity index (χ4n) is 8.94. The molecular weight excluding hydrogens is 543 g/mol. The molecule has 12 atom stereocenters. The number of fused-ring (bicyclic) bond motifs is 4. The number of morpholine rings is 2. The van der Waals surface area contributed by atoms with Crippen molar-refractivity contribution in [1.29, 1.82) is 0 Å². The fourth-order valence-corrected chi connectivity index (χ4v) is 8.94. The first kappa shape index (κ1) is 29.1. The maximum Gasteiger partial charge on any atom is 0.340 e. The summed E-state index contributed by atoms with van der Waals surface area (Å²) in [5, 5.41) is 17.2. The topological polar surface area (TPSA) is 133 Å². The standard InChI is InChI=1S/C30H47FN6O5/c1-35-7-9-36(10-8-35)6-2-5-33-26-19(31)12-17-27-29(26)42-25-13-21-24(41-23-11-16(32)3-4-20(23)34-21)14-22(25)37(27)15-18(28(17)38)30(39)40/h15-17,19-27,29,33-34H,2-14,32H2,1H3,(H,39,40). The van der Waals surface area contributed by atoms with Gasteiger partial charge in [-0.2, -0.15) is 0 Å². The molecule has 12 unspecified atom stereocenters. The molecule has 3 aliphatic carbocycles. The molecule has 11 nitrogen and oxygen atoms in total. The summed E-state index contributed by atoms with van der Waals surface area (Å²) in [7, 11) is 2.14. The molecule has 42 heavy (non-hydrogen) atoms. The van der Waals surface area contributed by atoms with E-state index in [2.05, 4.69) is 32.4 Å².